The summed E-state index contributed by atoms with van der Waals surface area (Å²) in [6, 6.07) is 6.10. The van der Waals surface area contributed by atoms with Gasteiger partial charge in [-0.05, 0) is 50.3 Å². The lowest BCUT2D eigenvalue weighted by atomic mass is 9.56. The number of hydrogen-bond acceptors (Lipinski definition) is 5. The van der Waals surface area contributed by atoms with Crippen molar-refractivity contribution in [3.05, 3.63) is 35.4 Å². The van der Waals surface area contributed by atoms with Crippen LogP contribution in [-0.2, 0) is 9.47 Å². The second kappa shape index (κ2) is 7.56. The Morgan fingerprint density at radius 2 is 2.03 bits per heavy atom. The van der Waals surface area contributed by atoms with Gasteiger partial charge in [-0.3, -0.25) is 0 Å². The second-order valence-electron chi connectivity index (χ2n) is 8.97. The number of benzene rings is 1. The summed E-state index contributed by atoms with van der Waals surface area (Å²) in [5.41, 5.74) is 2.20. The van der Waals surface area contributed by atoms with Crippen molar-refractivity contribution in [2.24, 2.45) is 23.2 Å². The molecule has 1 saturated heterocycles. The summed E-state index contributed by atoms with van der Waals surface area (Å²) < 4.78 is 23.1. The fraction of sp³-hybridized carbons (Fsp3) is 0.609. The first-order valence-corrected chi connectivity index (χ1v) is 10.4. The topological polar surface area (TPSA) is 66.0 Å². The number of hydrogen-bond donors (Lipinski definition) is 1. The van der Waals surface area contributed by atoms with Crippen molar-refractivity contribution in [2.45, 2.75) is 46.8 Å². The lowest BCUT2D eigenvalue weighted by Gasteiger charge is -2.55. The molecule has 0 saturated carbocycles. The summed E-state index contributed by atoms with van der Waals surface area (Å²) >= 11 is 0. The van der Waals surface area contributed by atoms with Gasteiger partial charge < -0.3 is 24.3 Å². The maximum absolute atomic E-state index is 12.1. The van der Waals surface area contributed by atoms with E-state index in [9.17, 15) is 4.79 Å². The Labute approximate surface area is 172 Å². The number of fused-ring (bicyclic) bond motifs is 3. The summed E-state index contributed by atoms with van der Waals surface area (Å²) in [4.78, 5) is 12.1. The first kappa shape index (κ1) is 20.1. The number of nitrogens with one attached hydrogen (secondary N) is 1. The molecular formula is C23H31NO5. The van der Waals surface area contributed by atoms with Gasteiger partial charge in [-0.1, -0.05) is 31.6 Å². The van der Waals surface area contributed by atoms with Crippen LogP contribution in [-0.4, -0.2) is 32.1 Å². The smallest absolute Gasteiger partial charge is 0.407 e. The van der Waals surface area contributed by atoms with E-state index < -0.39 is 0 Å². The van der Waals surface area contributed by atoms with Gasteiger partial charge in [0.25, 0.3) is 0 Å². The molecule has 1 aliphatic carbocycles. The molecule has 0 unspecified atom stereocenters. The maximum atomic E-state index is 12.1. The predicted octanol–water partition coefficient (Wildman–Crippen LogP) is 4.46. The maximum Gasteiger partial charge on any atom is 0.407 e. The van der Waals surface area contributed by atoms with Crippen LogP contribution in [0.1, 0.15) is 46.3 Å². The Balaban J connectivity index is 1.58. The van der Waals surface area contributed by atoms with Gasteiger partial charge in [0.15, 0.2) is 11.5 Å². The van der Waals surface area contributed by atoms with E-state index in [1.807, 2.05) is 26.0 Å². The first-order valence-electron chi connectivity index (χ1n) is 10.4. The molecular weight excluding hydrogens is 370 g/mol. The molecule has 5 atom stereocenters. The van der Waals surface area contributed by atoms with E-state index in [1.54, 1.807) is 0 Å². The highest BCUT2D eigenvalue weighted by molar-refractivity contribution is 5.67. The third kappa shape index (κ3) is 3.48. The highest BCUT2D eigenvalue weighted by Crippen LogP contribution is 2.56. The molecule has 1 fully saturated rings. The molecule has 1 aromatic carbocycles. The first-order chi connectivity index (χ1) is 13.8. The summed E-state index contributed by atoms with van der Waals surface area (Å²) in [5, 5.41) is 2.81. The molecule has 4 rings (SSSR count). The quantitative estimate of drug-likeness (QED) is 0.755. The van der Waals surface area contributed by atoms with Crippen LogP contribution in [0.15, 0.2) is 29.8 Å². The van der Waals surface area contributed by atoms with E-state index in [-0.39, 0.29) is 42.3 Å². The highest BCUT2D eigenvalue weighted by atomic mass is 16.7. The lowest BCUT2D eigenvalue weighted by molar-refractivity contribution is -0.165. The Morgan fingerprint density at radius 3 is 2.79 bits per heavy atom. The second-order valence-corrected chi connectivity index (χ2v) is 8.97. The fourth-order valence-electron chi connectivity index (χ4n) is 5.13. The molecule has 158 valence electrons. The van der Waals surface area contributed by atoms with Gasteiger partial charge in [0.05, 0.1) is 12.7 Å². The Hall–Kier alpha value is -2.21. The van der Waals surface area contributed by atoms with Gasteiger partial charge >= 0.3 is 6.09 Å². The molecule has 1 amide bonds. The molecule has 3 aliphatic rings. The minimum absolute atomic E-state index is 0.0501. The van der Waals surface area contributed by atoms with Crippen LogP contribution in [0.3, 0.4) is 0 Å². The molecule has 0 spiro atoms. The molecule has 2 bridgehead atoms. The van der Waals surface area contributed by atoms with Crippen LogP contribution < -0.4 is 14.8 Å². The summed E-state index contributed by atoms with van der Waals surface area (Å²) in [7, 11) is 0. The van der Waals surface area contributed by atoms with Crippen molar-refractivity contribution in [1.82, 2.24) is 5.32 Å². The Morgan fingerprint density at radius 1 is 1.28 bits per heavy atom. The van der Waals surface area contributed by atoms with E-state index in [0.29, 0.717) is 19.1 Å². The third-order valence-electron chi connectivity index (χ3n) is 6.85. The van der Waals surface area contributed by atoms with Crippen LogP contribution >= 0.6 is 0 Å². The SMILES string of the molecule is CC1=C[C@H](C)[C@]2(COC(=O)NC(C)C)CO[C@H](c3ccc4c(c3)OCO4)[C@@H]1[C@H]2C. The van der Waals surface area contributed by atoms with Crippen LogP contribution in [0.25, 0.3) is 0 Å². The van der Waals surface area contributed by atoms with Crippen LogP contribution in [0.5, 0.6) is 11.5 Å². The molecule has 29 heavy (non-hydrogen) atoms. The van der Waals surface area contributed by atoms with E-state index in [2.05, 4.69) is 38.2 Å². The van der Waals surface area contributed by atoms with Crippen LogP contribution in [0.2, 0.25) is 0 Å². The van der Waals surface area contributed by atoms with Gasteiger partial charge in [-0.2, -0.15) is 0 Å². The number of allylic oxidation sites excluding steroid dienone is 1. The molecule has 6 nitrogen and oxygen atoms in total. The van der Waals surface area contributed by atoms with Gasteiger partial charge in [0, 0.05) is 17.4 Å². The zero-order chi connectivity index (χ0) is 20.8. The van der Waals surface area contributed by atoms with Gasteiger partial charge in [-0.15, -0.1) is 0 Å². The van der Waals surface area contributed by atoms with E-state index >= 15 is 0 Å². The molecule has 0 radical (unpaired) electrons. The number of alkyl carbamates (subject to hydrolysis) is 1. The van der Waals surface area contributed by atoms with Crippen LogP contribution in [0, 0.1) is 23.2 Å². The van der Waals surface area contributed by atoms with Crippen molar-refractivity contribution in [3.8, 4) is 11.5 Å². The Bertz CT molecular complexity index is 819. The minimum Gasteiger partial charge on any atom is -0.454 e. The minimum atomic E-state index is -0.366. The number of rotatable bonds is 4. The number of ether oxygens (including phenoxy) is 4. The summed E-state index contributed by atoms with van der Waals surface area (Å²) in [6.07, 6.45) is 1.91. The van der Waals surface area contributed by atoms with Crippen molar-refractivity contribution >= 4 is 6.09 Å². The number of carbonyl (C=O) groups excluding carboxylic acids is 1. The molecule has 2 heterocycles. The van der Waals surface area contributed by atoms with Crippen molar-refractivity contribution in [3.63, 3.8) is 0 Å². The number of carbonyl (C=O) groups is 1. The van der Waals surface area contributed by atoms with E-state index in [1.165, 1.54) is 5.57 Å². The van der Waals surface area contributed by atoms with Crippen molar-refractivity contribution in [1.29, 1.82) is 0 Å². The monoisotopic (exact) mass is 401 g/mol. The zero-order valence-corrected chi connectivity index (χ0v) is 17.9. The largest absolute Gasteiger partial charge is 0.454 e. The summed E-state index contributed by atoms with van der Waals surface area (Å²) in [6.45, 7) is 11.7. The molecule has 0 aromatic heterocycles. The van der Waals surface area contributed by atoms with Gasteiger partial charge in [0.2, 0.25) is 6.79 Å². The number of amides is 1. The van der Waals surface area contributed by atoms with E-state index in [0.717, 1.165) is 17.1 Å². The van der Waals surface area contributed by atoms with Gasteiger partial charge in [-0.25, -0.2) is 4.79 Å². The van der Waals surface area contributed by atoms with E-state index in [4.69, 9.17) is 18.9 Å². The summed E-state index contributed by atoms with van der Waals surface area (Å²) in [5.74, 6) is 2.34. The molecule has 6 heteroatoms. The van der Waals surface area contributed by atoms with Crippen molar-refractivity contribution < 1.29 is 23.7 Å². The molecule has 2 aliphatic heterocycles. The standard InChI is InChI=1S/C23H31NO5/c1-13(2)24-22(25)27-11-23-10-26-21(20(16(23)5)14(3)8-15(23)4)17-6-7-18-19(9-17)29-12-28-18/h6-9,13,15-16,20-21H,10-12H2,1-5H3,(H,24,25)/t15-,16+,20-,21+,23+/m0/s1. The Kier molecular flexibility index (Phi) is 5.23. The highest BCUT2D eigenvalue weighted by Gasteiger charge is 2.54. The average molecular weight is 402 g/mol. The van der Waals surface area contributed by atoms with Crippen molar-refractivity contribution in [2.75, 3.05) is 20.0 Å². The van der Waals surface area contributed by atoms with Gasteiger partial charge in [0.1, 0.15) is 6.61 Å². The zero-order valence-electron chi connectivity index (χ0n) is 17.9. The third-order valence-corrected chi connectivity index (χ3v) is 6.85. The normalized spacial score (nSPS) is 32.7. The predicted molar refractivity (Wildman–Crippen MR) is 109 cm³/mol. The molecule has 1 N–H and O–H groups in total. The fourth-order valence-corrected chi connectivity index (χ4v) is 5.13. The molecule has 1 aromatic rings. The average Bonchev–Trinajstić information content (AvgIpc) is 3.12. The lowest BCUT2D eigenvalue weighted by Crippen LogP contribution is -2.55. The van der Waals surface area contributed by atoms with Crippen LogP contribution in [0.4, 0.5) is 4.79 Å².